The summed E-state index contributed by atoms with van der Waals surface area (Å²) in [6, 6.07) is 10.3. The van der Waals surface area contributed by atoms with Gasteiger partial charge in [-0.15, -0.1) is 0 Å². The van der Waals surface area contributed by atoms with Gasteiger partial charge in [0, 0.05) is 17.9 Å². The first-order valence-corrected chi connectivity index (χ1v) is 8.09. The molecule has 2 heterocycles. The molecular weight excluding hydrogens is 320 g/mol. The van der Waals surface area contributed by atoms with E-state index in [0.717, 1.165) is 18.5 Å². The molecular formula is C18H16N4O3. The van der Waals surface area contributed by atoms with Crippen LogP contribution in [0.15, 0.2) is 42.6 Å². The largest absolute Gasteiger partial charge is 0.322 e. The maximum Gasteiger partial charge on any atom is 0.322 e. The summed E-state index contributed by atoms with van der Waals surface area (Å²) in [5, 5.41) is 5.05. The lowest BCUT2D eigenvalue weighted by Crippen LogP contribution is -2.36. The van der Waals surface area contributed by atoms with Crippen LogP contribution in [0.2, 0.25) is 0 Å². The second-order valence-corrected chi connectivity index (χ2v) is 6.15. The number of hydrogen-bond acceptors (Lipinski definition) is 4. The van der Waals surface area contributed by atoms with Gasteiger partial charge in [0.15, 0.2) is 0 Å². The maximum atomic E-state index is 12.7. The van der Waals surface area contributed by atoms with Gasteiger partial charge in [0.1, 0.15) is 0 Å². The predicted octanol–water partition coefficient (Wildman–Crippen LogP) is 2.16. The first-order valence-electron chi connectivity index (χ1n) is 8.09. The zero-order chi connectivity index (χ0) is 17.4. The summed E-state index contributed by atoms with van der Waals surface area (Å²) in [7, 11) is 0. The van der Waals surface area contributed by atoms with E-state index in [9.17, 15) is 14.4 Å². The van der Waals surface area contributed by atoms with Crippen molar-refractivity contribution >= 4 is 23.5 Å². The number of rotatable bonds is 4. The average Bonchev–Trinajstić information content (AvgIpc) is 3.41. The minimum absolute atomic E-state index is 0.210. The Morgan fingerprint density at radius 2 is 1.96 bits per heavy atom. The Bertz CT molecular complexity index is 862. The van der Waals surface area contributed by atoms with Gasteiger partial charge in [0.2, 0.25) is 0 Å². The normalized spacial score (nSPS) is 15.5. The Hall–Kier alpha value is -3.22. The van der Waals surface area contributed by atoms with Crippen LogP contribution in [-0.2, 0) is 6.54 Å². The highest BCUT2D eigenvalue weighted by Gasteiger charge is 2.33. The Labute approximate surface area is 144 Å². The van der Waals surface area contributed by atoms with Crippen molar-refractivity contribution in [1.29, 1.82) is 0 Å². The number of imide groups is 1. The van der Waals surface area contributed by atoms with Crippen LogP contribution < -0.4 is 10.6 Å². The van der Waals surface area contributed by atoms with Crippen molar-refractivity contribution in [1.82, 2.24) is 15.2 Å². The van der Waals surface area contributed by atoms with Crippen LogP contribution >= 0.6 is 0 Å². The molecule has 0 spiro atoms. The average molecular weight is 336 g/mol. The van der Waals surface area contributed by atoms with Crippen molar-refractivity contribution < 1.29 is 14.4 Å². The number of hydrogen-bond donors (Lipinski definition) is 2. The number of nitrogens with zero attached hydrogens (tertiary/aromatic N) is 2. The lowest BCUT2D eigenvalue weighted by atomic mass is 10.1. The van der Waals surface area contributed by atoms with Crippen LogP contribution in [0.25, 0.3) is 0 Å². The molecule has 1 aliphatic heterocycles. The molecule has 0 saturated heterocycles. The Morgan fingerprint density at radius 1 is 1.16 bits per heavy atom. The molecule has 1 aromatic heterocycles. The van der Waals surface area contributed by atoms with E-state index in [2.05, 4.69) is 15.6 Å². The number of carbonyl (C=O) groups excluding carboxylic acids is 3. The van der Waals surface area contributed by atoms with Gasteiger partial charge in [-0.05, 0) is 43.2 Å². The van der Waals surface area contributed by atoms with E-state index in [0.29, 0.717) is 17.8 Å². The number of urea groups is 1. The summed E-state index contributed by atoms with van der Waals surface area (Å²) < 4.78 is 0. The first-order chi connectivity index (χ1) is 12.1. The second kappa shape index (κ2) is 6.01. The van der Waals surface area contributed by atoms with E-state index in [1.165, 1.54) is 6.07 Å². The molecule has 1 saturated carbocycles. The van der Waals surface area contributed by atoms with Crippen molar-refractivity contribution in [2.24, 2.45) is 0 Å². The molecule has 2 aliphatic rings. The summed E-state index contributed by atoms with van der Waals surface area (Å²) in [4.78, 5) is 42.0. The monoisotopic (exact) mass is 336 g/mol. The van der Waals surface area contributed by atoms with Crippen LogP contribution in [0.1, 0.15) is 39.3 Å². The minimum Gasteiger partial charge on any atom is -0.316 e. The Balaban J connectivity index is 1.51. The van der Waals surface area contributed by atoms with Gasteiger partial charge < -0.3 is 10.2 Å². The standard InChI is InChI=1S/C18H16N4O3/c23-16-14-7-4-11(9-15(14)17(24)21-16)20-18(25)22(13-5-6-13)10-12-3-1-2-8-19-12/h1-4,7-9,13H,5-6,10H2,(H,20,25)(H,21,23,24). The van der Waals surface area contributed by atoms with E-state index in [1.54, 1.807) is 23.2 Å². The molecule has 4 amide bonds. The highest BCUT2D eigenvalue weighted by Crippen LogP contribution is 2.29. The third-order valence-corrected chi connectivity index (χ3v) is 4.29. The molecule has 2 aromatic rings. The van der Waals surface area contributed by atoms with Crippen molar-refractivity contribution in [2.75, 3.05) is 5.32 Å². The summed E-state index contributed by atoms with van der Waals surface area (Å²) in [6.07, 6.45) is 3.65. The highest BCUT2D eigenvalue weighted by molar-refractivity contribution is 6.22. The van der Waals surface area contributed by atoms with Gasteiger partial charge in [-0.25, -0.2) is 4.79 Å². The van der Waals surface area contributed by atoms with E-state index in [-0.39, 0.29) is 17.6 Å². The summed E-state index contributed by atoms with van der Waals surface area (Å²) in [5.74, 6) is -0.851. The lowest BCUT2D eigenvalue weighted by molar-refractivity contribution is 0.0879. The molecule has 1 aromatic carbocycles. The number of aromatic nitrogens is 1. The fourth-order valence-corrected chi connectivity index (χ4v) is 2.86. The van der Waals surface area contributed by atoms with Crippen LogP contribution in [0.3, 0.4) is 0 Å². The maximum absolute atomic E-state index is 12.7. The number of carbonyl (C=O) groups is 3. The van der Waals surface area contributed by atoms with Crippen molar-refractivity contribution in [3.05, 3.63) is 59.4 Å². The lowest BCUT2D eigenvalue weighted by Gasteiger charge is -2.22. The molecule has 7 heteroatoms. The molecule has 126 valence electrons. The molecule has 4 rings (SSSR count). The number of fused-ring (bicyclic) bond motifs is 1. The fraction of sp³-hybridized carbons (Fsp3) is 0.222. The quantitative estimate of drug-likeness (QED) is 0.837. The van der Waals surface area contributed by atoms with E-state index < -0.39 is 11.8 Å². The van der Waals surface area contributed by atoms with Crippen LogP contribution in [-0.4, -0.2) is 33.8 Å². The number of nitrogens with one attached hydrogen (secondary N) is 2. The minimum atomic E-state index is -0.441. The van der Waals surface area contributed by atoms with E-state index >= 15 is 0 Å². The van der Waals surface area contributed by atoms with Crippen molar-refractivity contribution in [2.45, 2.75) is 25.4 Å². The Morgan fingerprint density at radius 3 is 2.68 bits per heavy atom. The third kappa shape index (κ3) is 3.08. The van der Waals surface area contributed by atoms with Crippen molar-refractivity contribution in [3.8, 4) is 0 Å². The van der Waals surface area contributed by atoms with Gasteiger partial charge in [-0.1, -0.05) is 6.07 Å². The van der Waals surface area contributed by atoms with Gasteiger partial charge in [-0.2, -0.15) is 0 Å². The zero-order valence-corrected chi connectivity index (χ0v) is 13.4. The summed E-state index contributed by atoms with van der Waals surface area (Å²) in [6.45, 7) is 0.432. The molecule has 1 aliphatic carbocycles. The zero-order valence-electron chi connectivity index (χ0n) is 13.4. The van der Waals surface area contributed by atoms with Gasteiger partial charge in [0.05, 0.1) is 23.4 Å². The van der Waals surface area contributed by atoms with Gasteiger partial charge in [-0.3, -0.25) is 19.9 Å². The molecule has 0 radical (unpaired) electrons. The molecule has 0 atom stereocenters. The van der Waals surface area contributed by atoms with Crippen molar-refractivity contribution in [3.63, 3.8) is 0 Å². The molecule has 1 fully saturated rings. The SMILES string of the molecule is O=C1NC(=O)c2cc(NC(=O)N(Cc3ccccn3)C3CC3)ccc21. The summed E-state index contributed by atoms with van der Waals surface area (Å²) in [5.41, 5.74) is 1.92. The number of pyridine rings is 1. The van der Waals surface area contributed by atoms with Gasteiger partial charge >= 0.3 is 6.03 Å². The Kier molecular flexibility index (Phi) is 3.68. The highest BCUT2D eigenvalue weighted by atomic mass is 16.2. The molecule has 0 unspecified atom stereocenters. The number of amides is 4. The van der Waals surface area contributed by atoms with Crippen LogP contribution in [0.4, 0.5) is 10.5 Å². The van der Waals surface area contributed by atoms with Crippen LogP contribution in [0.5, 0.6) is 0 Å². The number of benzene rings is 1. The summed E-state index contributed by atoms with van der Waals surface area (Å²) >= 11 is 0. The third-order valence-electron chi connectivity index (χ3n) is 4.29. The first kappa shape index (κ1) is 15.3. The molecule has 7 nitrogen and oxygen atoms in total. The van der Waals surface area contributed by atoms with E-state index in [4.69, 9.17) is 0 Å². The smallest absolute Gasteiger partial charge is 0.316 e. The molecule has 25 heavy (non-hydrogen) atoms. The second-order valence-electron chi connectivity index (χ2n) is 6.15. The molecule has 2 N–H and O–H groups in total. The predicted molar refractivity (Wildman–Crippen MR) is 90.1 cm³/mol. The fourth-order valence-electron chi connectivity index (χ4n) is 2.86. The van der Waals surface area contributed by atoms with E-state index in [1.807, 2.05) is 18.2 Å². The number of anilines is 1. The van der Waals surface area contributed by atoms with Crippen LogP contribution in [0, 0.1) is 0 Å². The van der Waals surface area contributed by atoms with Gasteiger partial charge in [0.25, 0.3) is 11.8 Å². The topological polar surface area (TPSA) is 91.4 Å². The molecule has 0 bridgehead atoms.